The average molecular weight is 313 g/mol. The van der Waals surface area contributed by atoms with Crippen molar-refractivity contribution in [1.82, 2.24) is 4.90 Å². The van der Waals surface area contributed by atoms with Crippen LogP contribution in [-0.4, -0.2) is 31.7 Å². The van der Waals surface area contributed by atoms with Gasteiger partial charge in [-0.2, -0.15) is 0 Å². The zero-order valence-electron chi connectivity index (χ0n) is 10.9. The normalized spacial score (nSPS) is 15.3. The molecule has 1 fully saturated rings. The first-order chi connectivity index (χ1) is 8.66. The van der Waals surface area contributed by atoms with Crippen LogP contribution in [0.2, 0.25) is 0 Å². The molecule has 4 heteroatoms. The van der Waals surface area contributed by atoms with Crippen molar-refractivity contribution >= 4 is 21.6 Å². The highest BCUT2D eigenvalue weighted by molar-refractivity contribution is 9.10. The van der Waals surface area contributed by atoms with Crippen LogP contribution in [0.25, 0.3) is 0 Å². The smallest absolute Gasteiger partial charge is 0.0593 e. The second-order valence-electron chi connectivity index (χ2n) is 5.08. The summed E-state index contributed by atoms with van der Waals surface area (Å²) in [6.45, 7) is 3.59. The zero-order valence-corrected chi connectivity index (χ0v) is 12.4. The van der Waals surface area contributed by atoms with E-state index in [1.54, 1.807) is 0 Å². The number of ether oxygens (including phenoxy) is 1. The third-order valence-electron chi connectivity index (χ3n) is 3.22. The highest BCUT2D eigenvalue weighted by Gasteiger charge is 2.20. The third kappa shape index (κ3) is 4.26. The fourth-order valence-electron chi connectivity index (χ4n) is 1.85. The summed E-state index contributed by atoms with van der Waals surface area (Å²) in [6, 6.07) is 6.00. The number of nitrogen functional groups attached to an aromatic ring is 1. The van der Waals surface area contributed by atoms with Gasteiger partial charge in [0.05, 0.1) is 6.61 Å². The number of nitrogens with two attached hydrogens (primary N) is 1. The van der Waals surface area contributed by atoms with E-state index < -0.39 is 0 Å². The Morgan fingerprint density at radius 3 is 2.94 bits per heavy atom. The van der Waals surface area contributed by atoms with Crippen LogP contribution >= 0.6 is 15.9 Å². The number of benzene rings is 1. The number of hydrogen-bond acceptors (Lipinski definition) is 3. The van der Waals surface area contributed by atoms with Crippen molar-refractivity contribution in [1.29, 1.82) is 0 Å². The van der Waals surface area contributed by atoms with Crippen LogP contribution in [-0.2, 0) is 11.3 Å². The minimum absolute atomic E-state index is 0.797. The average Bonchev–Trinajstić information content (AvgIpc) is 3.15. The Bertz CT molecular complexity index is 393. The molecule has 1 aromatic carbocycles. The molecule has 0 atom stereocenters. The zero-order chi connectivity index (χ0) is 13.0. The monoisotopic (exact) mass is 312 g/mol. The summed E-state index contributed by atoms with van der Waals surface area (Å²) < 4.78 is 6.65. The van der Waals surface area contributed by atoms with E-state index in [-0.39, 0.29) is 0 Å². The van der Waals surface area contributed by atoms with E-state index in [1.807, 2.05) is 12.1 Å². The quantitative estimate of drug-likeness (QED) is 0.621. The molecule has 100 valence electrons. The fraction of sp³-hybridized carbons (Fsp3) is 0.571. The Labute approximate surface area is 117 Å². The van der Waals surface area contributed by atoms with Crippen molar-refractivity contribution in [2.24, 2.45) is 5.92 Å². The standard InChI is InChI=1S/C14H21BrN2O/c1-17(7-8-18-10-11-5-6-11)9-12-3-2-4-13(16)14(12)15/h2-4,11H,5-10,16H2,1H3. The molecule has 0 amide bonds. The molecule has 2 rings (SSSR count). The van der Waals surface area contributed by atoms with E-state index in [1.165, 1.54) is 18.4 Å². The van der Waals surface area contributed by atoms with Crippen LogP contribution in [0.15, 0.2) is 22.7 Å². The van der Waals surface area contributed by atoms with E-state index in [9.17, 15) is 0 Å². The maximum Gasteiger partial charge on any atom is 0.0593 e. The highest BCUT2D eigenvalue weighted by Crippen LogP contribution is 2.28. The lowest BCUT2D eigenvalue weighted by Gasteiger charge is -2.18. The molecule has 1 aromatic rings. The van der Waals surface area contributed by atoms with Crippen molar-refractivity contribution in [3.63, 3.8) is 0 Å². The molecule has 1 saturated carbocycles. The summed E-state index contributed by atoms with van der Waals surface area (Å²) in [5.41, 5.74) is 7.89. The van der Waals surface area contributed by atoms with Crippen molar-refractivity contribution < 1.29 is 4.74 Å². The minimum atomic E-state index is 0.797. The maximum atomic E-state index is 5.87. The van der Waals surface area contributed by atoms with E-state index >= 15 is 0 Å². The molecular formula is C14H21BrN2O. The number of rotatable bonds is 7. The van der Waals surface area contributed by atoms with Crippen molar-refractivity contribution in [3.05, 3.63) is 28.2 Å². The molecule has 18 heavy (non-hydrogen) atoms. The number of nitrogens with zero attached hydrogens (tertiary/aromatic N) is 1. The van der Waals surface area contributed by atoms with E-state index in [4.69, 9.17) is 10.5 Å². The molecular weight excluding hydrogens is 292 g/mol. The molecule has 0 heterocycles. The molecule has 0 spiro atoms. The summed E-state index contributed by atoms with van der Waals surface area (Å²) >= 11 is 3.53. The summed E-state index contributed by atoms with van der Waals surface area (Å²) in [4.78, 5) is 2.26. The first kappa shape index (κ1) is 13.8. The van der Waals surface area contributed by atoms with Gasteiger partial charge in [-0.25, -0.2) is 0 Å². The molecule has 0 aromatic heterocycles. The highest BCUT2D eigenvalue weighted by atomic mass is 79.9. The molecule has 0 radical (unpaired) electrons. The predicted molar refractivity (Wildman–Crippen MR) is 78.4 cm³/mol. The van der Waals surface area contributed by atoms with Gasteiger partial charge in [0.2, 0.25) is 0 Å². The first-order valence-corrected chi connectivity index (χ1v) is 7.25. The van der Waals surface area contributed by atoms with Crippen LogP contribution in [0.1, 0.15) is 18.4 Å². The Balaban J connectivity index is 1.71. The van der Waals surface area contributed by atoms with Gasteiger partial charge in [0, 0.05) is 29.9 Å². The Morgan fingerprint density at radius 2 is 2.22 bits per heavy atom. The molecule has 2 N–H and O–H groups in total. The fourth-order valence-corrected chi connectivity index (χ4v) is 2.24. The lowest BCUT2D eigenvalue weighted by molar-refractivity contribution is 0.102. The van der Waals surface area contributed by atoms with Crippen LogP contribution in [0.4, 0.5) is 5.69 Å². The minimum Gasteiger partial charge on any atom is -0.398 e. The lowest BCUT2D eigenvalue weighted by Crippen LogP contribution is -2.23. The van der Waals surface area contributed by atoms with Gasteiger partial charge in [-0.1, -0.05) is 12.1 Å². The van der Waals surface area contributed by atoms with Gasteiger partial charge >= 0.3 is 0 Å². The van der Waals surface area contributed by atoms with Crippen molar-refractivity contribution in [2.45, 2.75) is 19.4 Å². The van der Waals surface area contributed by atoms with Crippen LogP contribution in [0.5, 0.6) is 0 Å². The molecule has 1 aliphatic rings. The molecule has 0 unspecified atom stereocenters. The molecule has 1 aliphatic carbocycles. The topological polar surface area (TPSA) is 38.5 Å². The van der Waals surface area contributed by atoms with Gasteiger partial charge in [0.25, 0.3) is 0 Å². The third-order valence-corrected chi connectivity index (χ3v) is 4.18. The SMILES string of the molecule is CN(CCOCC1CC1)Cc1cccc(N)c1Br. The lowest BCUT2D eigenvalue weighted by atomic mass is 10.2. The van der Waals surface area contributed by atoms with Crippen molar-refractivity contribution in [3.8, 4) is 0 Å². The summed E-state index contributed by atoms with van der Waals surface area (Å²) in [6.07, 6.45) is 2.71. The Hall–Kier alpha value is -0.580. The predicted octanol–water partition coefficient (Wildman–Crippen LogP) is 2.89. The summed E-state index contributed by atoms with van der Waals surface area (Å²) in [7, 11) is 2.11. The second kappa shape index (κ2) is 6.55. The van der Waals surface area contributed by atoms with Gasteiger partial charge < -0.3 is 10.5 Å². The Kier molecular flexibility index (Phi) is 5.03. The molecule has 0 saturated heterocycles. The van der Waals surface area contributed by atoms with Gasteiger partial charge in [0.15, 0.2) is 0 Å². The summed E-state index contributed by atoms with van der Waals surface area (Å²) in [5.74, 6) is 0.846. The van der Waals surface area contributed by atoms with Gasteiger partial charge in [-0.05, 0) is 53.4 Å². The molecule has 0 bridgehead atoms. The van der Waals surface area contributed by atoms with E-state index in [0.29, 0.717) is 0 Å². The van der Waals surface area contributed by atoms with E-state index in [2.05, 4.69) is 33.9 Å². The van der Waals surface area contributed by atoms with Crippen molar-refractivity contribution in [2.75, 3.05) is 32.5 Å². The number of hydrogen-bond donors (Lipinski definition) is 1. The first-order valence-electron chi connectivity index (χ1n) is 6.46. The summed E-state index contributed by atoms with van der Waals surface area (Å²) in [5, 5.41) is 0. The number of halogens is 1. The van der Waals surface area contributed by atoms with Gasteiger partial charge in [-0.3, -0.25) is 4.90 Å². The maximum absolute atomic E-state index is 5.87. The van der Waals surface area contributed by atoms with Gasteiger partial charge in [0.1, 0.15) is 0 Å². The second-order valence-corrected chi connectivity index (χ2v) is 5.87. The van der Waals surface area contributed by atoms with Crippen LogP contribution < -0.4 is 5.73 Å². The van der Waals surface area contributed by atoms with Crippen LogP contribution in [0.3, 0.4) is 0 Å². The number of likely N-dealkylation sites (N-methyl/N-ethyl adjacent to an activating group) is 1. The largest absolute Gasteiger partial charge is 0.398 e. The van der Waals surface area contributed by atoms with Gasteiger partial charge in [-0.15, -0.1) is 0 Å². The molecule has 3 nitrogen and oxygen atoms in total. The van der Waals surface area contributed by atoms with Crippen LogP contribution in [0, 0.1) is 5.92 Å². The molecule has 0 aliphatic heterocycles. The number of anilines is 1. The Morgan fingerprint density at radius 1 is 1.44 bits per heavy atom. The van der Waals surface area contributed by atoms with E-state index in [0.717, 1.165) is 42.4 Å².